The number of likely N-dealkylation sites (tertiary alicyclic amines) is 1. The predicted molar refractivity (Wildman–Crippen MR) is 131 cm³/mol. The molecule has 3 aliphatic rings. The lowest BCUT2D eigenvalue weighted by Crippen LogP contribution is -2.40. The molecule has 1 aromatic heterocycles. The minimum absolute atomic E-state index is 0.398. The van der Waals surface area contributed by atoms with E-state index in [0.29, 0.717) is 24.3 Å². The molecule has 5 rings (SSSR count). The minimum atomic E-state index is 0.398. The first-order chi connectivity index (χ1) is 16.2. The average molecular weight is 452 g/mol. The summed E-state index contributed by atoms with van der Waals surface area (Å²) in [6.07, 6.45) is 12.5. The first-order valence-electron chi connectivity index (χ1n) is 12.8. The lowest BCUT2D eigenvalue weighted by Gasteiger charge is -2.36. The van der Waals surface area contributed by atoms with Gasteiger partial charge in [-0.05, 0) is 62.1 Å². The number of anilines is 1. The molecule has 2 aromatic rings. The summed E-state index contributed by atoms with van der Waals surface area (Å²) in [7, 11) is 1.70. The summed E-state index contributed by atoms with van der Waals surface area (Å²) in [5.74, 6) is 3.42. The number of methoxy groups -OCH3 is 1. The smallest absolute Gasteiger partial charge is 0.222 e. The topological polar surface area (TPSA) is 54.9 Å². The van der Waals surface area contributed by atoms with Crippen molar-refractivity contribution in [2.24, 2.45) is 11.8 Å². The number of hydrogen-bond donors (Lipinski definition) is 0. The van der Waals surface area contributed by atoms with Crippen molar-refractivity contribution in [3.63, 3.8) is 0 Å². The van der Waals surface area contributed by atoms with Crippen molar-refractivity contribution in [3.05, 3.63) is 24.4 Å². The molecule has 0 unspecified atom stereocenters. The SMILES string of the molecule is COc1ccc2ncc3c(c2c1)N(CCC1CCN(C(=O)CC2CCCCC2)CC1)CCO3. The number of aromatic nitrogens is 1. The van der Waals surface area contributed by atoms with Crippen LogP contribution in [0, 0.1) is 11.8 Å². The van der Waals surface area contributed by atoms with Gasteiger partial charge in [0.25, 0.3) is 0 Å². The van der Waals surface area contributed by atoms with E-state index in [2.05, 4.69) is 20.9 Å². The van der Waals surface area contributed by atoms with Gasteiger partial charge < -0.3 is 19.3 Å². The van der Waals surface area contributed by atoms with Crippen molar-refractivity contribution < 1.29 is 14.3 Å². The number of rotatable bonds is 6. The highest BCUT2D eigenvalue weighted by Crippen LogP contribution is 2.39. The van der Waals surface area contributed by atoms with Crippen molar-refractivity contribution in [2.75, 3.05) is 44.8 Å². The van der Waals surface area contributed by atoms with Gasteiger partial charge in [0, 0.05) is 31.4 Å². The standard InChI is InChI=1S/C27H37N3O3/c1-32-22-7-8-24-23(18-22)27-25(19-28-24)33-16-15-30(27)14-11-20-9-12-29(13-10-20)26(31)17-21-5-3-2-4-6-21/h7-8,18-21H,2-6,9-17H2,1H3. The molecule has 1 saturated carbocycles. The number of carbonyl (C=O) groups is 1. The van der Waals surface area contributed by atoms with Crippen LogP contribution in [0.3, 0.4) is 0 Å². The summed E-state index contributed by atoms with van der Waals surface area (Å²) >= 11 is 0. The second kappa shape index (κ2) is 10.2. The first kappa shape index (κ1) is 22.3. The summed E-state index contributed by atoms with van der Waals surface area (Å²) in [6.45, 7) is 4.45. The molecule has 0 radical (unpaired) electrons. The third-order valence-electron chi connectivity index (χ3n) is 7.91. The van der Waals surface area contributed by atoms with E-state index in [9.17, 15) is 4.79 Å². The first-order valence-corrected chi connectivity index (χ1v) is 12.8. The Morgan fingerprint density at radius 3 is 2.70 bits per heavy atom. The molecule has 178 valence electrons. The monoisotopic (exact) mass is 451 g/mol. The Morgan fingerprint density at radius 2 is 1.91 bits per heavy atom. The van der Waals surface area contributed by atoms with E-state index in [0.717, 1.165) is 80.0 Å². The molecule has 1 amide bonds. The van der Waals surface area contributed by atoms with E-state index in [1.165, 1.54) is 32.1 Å². The number of hydrogen-bond acceptors (Lipinski definition) is 5. The van der Waals surface area contributed by atoms with Crippen molar-refractivity contribution in [3.8, 4) is 11.5 Å². The van der Waals surface area contributed by atoms with Crippen LogP contribution in [0.2, 0.25) is 0 Å². The number of pyridine rings is 1. The molecule has 2 aliphatic heterocycles. The molecule has 0 spiro atoms. The van der Waals surface area contributed by atoms with E-state index in [-0.39, 0.29) is 0 Å². The van der Waals surface area contributed by atoms with Crippen LogP contribution in [0.4, 0.5) is 5.69 Å². The molecule has 2 fully saturated rings. The van der Waals surface area contributed by atoms with Gasteiger partial charge in [-0.1, -0.05) is 19.3 Å². The van der Waals surface area contributed by atoms with Crippen molar-refractivity contribution in [1.82, 2.24) is 9.88 Å². The number of nitrogens with zero attached hydrogens (tertiary/aromatic N) is 3. The number of piperidine rings is 1. The molecule has 1 aromatic carbocycles. The molecule has 0 atom stereocenters. The number of amides is 1. The number of carbonyl (C=O) groups excluding carboxylic acids is 1. The summed E-state index contributed by atoms with van der Waals surface area (Å²) < 4.78 is 11.4. The third kappa shape index (κ3) is 5.04. The van der Waals surface area contributed by atoms with E-state index >= 15 is 0 Å². The summed E-state index contributed by atoms with van der Waals surface area (Å²) in [5, 5.41) is 1.09. The number of benzene rings is 1. The van der Waals surface area contributed by atoms with Gasteiger partial charge in [0.05, 0.1) is 31.1 Å². The number of ether oxygens (including phenoxy) is 2. The highest BCUT2D eigenvalue weighted by atomic mass is 16.5. The Kier molecular flexibility index (Phi) is 6.88. The van der Waals surface area contributed by atoms with Gasteiger partial charge in [-0.3, -0.25) is 9.78 Å². The fraction of sp³-hybridized carbons (Fsp3) is 0.630. The van der Waals surface area contributed by atoms with Crippen molar-refractivity contribution in [1.29, 1.82) is 0 Å². The van der Waals surface area contributed by atoms with Crippen LogP contribution in [0.15, 0.2) is 24.4 Å². The number of fused-ring (bicyclic) bond motifs is 3. The summed E-state index contributed by atoms with van der Waals surface area (Å²) in [5.41, 5.74) is 2.11. The lowest BCUT2D eigenvalue weighted by molar-refractivity contribution is -0.133. The predicted octanol–water partition coefficient (Wildman–Crippen LogP) is 5.04. The maximum atomic E-state index is 12.8. The zero-order valence-corrected chi connectivity index (χ0v) is 19.9. The van der Waals surface area contributed by atoms with E-state index in [4.69, 9.17) is 9.47 Å². The third-order valence-corrected chi connectivity index (χ3v) is 7.91. The maximum Gasteiger partial charge on any atom is 0.222 e. The van der Waals surface area contributed by atoms with E-state index in [1.807, 2.05) is 18.3 Å². The Balaban J connectivity index is 1.18. The molecule has 6 heteroatoms. The molecular weight excluding hydrogens is 414 g/mol. The Bertz CT molecular complexity index is 959. The van der Waals surface area contributed by atoms with Gasteiger partial charge in [-0.2, -0.15) is 0 Å². The quantitative estimate of drug-likeness (QED) is 0.616. The van der Waals surface area contributed by atoms with Gasteiger partial charge >= 0.3 is 0 Å². The Labute approximate surface area is 197 Å². The van der Waals surface area contributed by atoms with Crippen LogP contribution in [0.25, 0.3) is 10.9 Å². The zero-order valence-electron chi connectivity index (χ0n) is 19.9. The minimum Gasteiger partial charge on any atom is -0.497 e. The van der Waals surface area contributed by atoms with Crippen molar-refractivity contribution in [2.45, 2.75) is 57.8 Å². The molecule has 0 bridgehead atoms. The van der Waals surface area contributed by atoms with Gasteiger partial charge in [-0.15, -0.1) is 0 Å². The fourth-order valence-electron chi connectivity index (χ4n) is 5.88. The average Bonchev–Trinajstić information content (AvgIpc) is 2.87. The molecule has 3 heterocycles. The fourth-order valence-corrected chi connectivity index (χ4v) is 5.88. The van der Waals surface area contributed by atoms with Gasteiger partial charge in [0.2, 0.25) is 5.91 Å². The van der Waals surface area contributed by atoms with Gasteiger partial charge in [0.15, 0.2) is 5.75 Å². The second-order valence-electron chi connectivity index (χ2n) is 10.0. The van der Waals surface area contributed by atoms with Gasteiger partial charge in [0.1, 0.15) is 12.4 Å². The van der Waals surface area contributed by atoms with Crippen LogP contribution in [-0.2, 0) is 4.79 Å². The van der Waals surface area contributed by atoms with Crippen LogP contribution in [0.5, 0.6) is 11.5 Å². The lowest BCUT2D eigenvalue weighted by atomic mass is 9.86. The summed E-state index contributed by atoms with van der Waals surface area (Å²) in [6, 6.07) is 6.04. The van der Waals surface area contributed by atoms with Crippen LogP contribution < -0.4 is 14.4 Å². The Morgan fingerprint density at radius 1 is 1.09 bits per heavy atom. The highest BCUT2D eigenvalue weighted by molar-refractivity contribution is 5.96. The maximum absolute atomic E-state index is 12.8. The molecule has 6 nitrogen and oxygen atoms in total. The van der Waals surface area contributed by atoms with E-state index < -0.39 is 0 Å². The van der Waals surface area contributed by atoms with Crippen LogP contribution in [-0.4, -0.2) is 55.7 Å². The zero-order chi connectivity index (χ0) is 22.6. The normalized spacial score (nSPS) is 19.9. The molecule has 33 heavy (non-hydrogen) atoms. The molecular formula is C27H37N3O3. The second-order valence-corrected chi connectivity index (χ2v) is 10.0. The molecule has 1 saturated heterocycles. The Hall–Kier alpha value is -2.50. The van der Waals surface area contributed by atoms with Crippen LogP contribution in [0.1, 0.15) is 57.8 Å². The van der Waals surface area contributed by atoms with E-state index in [1.54, 1.807) is 7.11 Å². The summed E-state index contributed by atoms with van der Waals surface area (Å²) in [4.78, 5) is 22.0. The largest absolute Gasteiger partial charge is 0.497 e. The van der Waals surface area contributed by atoms with Crippen LogP contribution >= 0.6 is 0 Å². The van der Waals surface area contributed by atoms with Crippen molar-refractivity contribution >= 4 is 22.5 Å². The highest BCUT2D eigenvalue weighted by Gasteiger charge is 2.27. The molecule has 1 aliphatic carbocycles. The van der Waals surface area contributed by atoms with Gasteiger partial charge in [-0.25, -0.2) is 0 Å². The molecule has 0 N–H and O–H groups in total.